The number of benzene rings is 2. The van der Waals surface area contributed by atoms with Gasteiger partial charge < -0.3 is 4.57 Å². The van der Waals surface area contributed by atoms with Gasteiger partial charge in [0.05, 0.1) is 22.5 Å². The third-order valence-corrected chi connectivity index (χ3v) is 3.90. The van der Waals surface area contributed by atoms with Crippen LogP contribution in [0, 0.1) is 5.82 Å². The van der Waals surface area contributed by atoms with Gasteiger partial charge in [0.1, 0.15) is 11.6 Å². The molecule has 0 radical (unpaired) electrons. The molecule has 0 aliphatic carbocycles. The van der Waals surface area contributed by atoms with E-state index >= 15 is 0 Å². The van der Waals surface area contributed by atoms with E-state index < -0.39 is 0 Å². The molecule has 0 bridgehead atoms. The topological polar surface area (TPSA) is 17.8 Å². The largest absolute Gasteiger partial charge is 0.319 e. The third-order valence-electron chi connectivity index (χ3n) is 3.70. The molecule has 0 saturated carbocycles. The molecule has 4 heteroatoms. The van der Waals surface area contributed by atoms with Crippen molar-refractivity contribution < 1.29 is 4.39 Å². The van der Waals surface area contributed by atoms with Gasteiger partial charge in [0.2, 0.25) is 0 Å². The summed E-state index contributed by atoms with van der Waals surface area (Å²) in [5.41, 5.74) is 2.68. The molecule has 1 heterocycles. The van der Waals surface area contributed by atoms with Crippen LogP contribution in [0.4, 0.5) is 4.39 Å². The van der Waals surface area contributed by atoms with Gasteiger partial charge in [-0.25, -0.2) is 9.37 Å². The maximum atomic E-state index is 13.6. The van der Waals surface area contributed by atoms with E-state index in [2.05, 4.69) is 24.0 Å². The van der Waals surface area contributed by atoms with Crippen LogP contribution in [0.1, 0.15) is 36.7 Å². The van der Waals surface area contributed by atoms with Crippen LogP contribution in [-0.2, 0) is 0 Å². The molecular weight excluding hydrogens is 287 g/mol. The summed E-state index contributed by atoms with van der Waals surface area (Å²) in [7, 11) is 0. The molecule has 0 N–H and O–H groups in total. The molecule has 3 rings (SSSR count). The molecule has 0 amide bonds. The fraction of sp³-hybridized carbons (Fsp3) is 0.235. The fourth-order valence-electron chi connectivity index (χ4n) is 2.65. The van der Waals surface area contributed by atoms with Crippen molar-refractivity contribution in [2.45, 2.75) is 25.3 Å². The van der Waals surface area contributed by atoms with Gasteiger partial charge in [-0.2, -0.15) is 0 Å². The van der Waals surface area contributed by atoms with E-state index in [9.17, 15) is 4.39 Å². The number of nitrogens with zero attached hydrogens (tertiary/aromatic N) is 2. The highest BCUT2D eigenvalue weighted by atomic mass is 35.5. The Kier molecular flexibility index (Phi) is 3.68. The summed E-state index contributed by atoms with van der Waals surface area (Å²) < 4.78 is 15.6. The highest BCUT2D eigenvalue weighted by molar-refractivity contribution is 6.20. The van der Waals surface area contributed by atoms with Gasteiger partial charge in [-0.15, -0.1) is 11.6 Å². The molecule has 108 valence electrons. The standard InChI is InChI=1S/C17H16ClFN2/c1-11(18)17-20-15-9-8-14(19)10-16(15)21(17)12(2)13-6-4-3-5-7-13/h3-12H,1-2H3. The van der Waals surface area contributed by atoms with Gasteiger partial charge in [-0.05, 0) is 37.6 Å². The third kappa shape index (κ3) is 2.54. The molecule has 2 nitrogen and oxygen atoms in total. The van der Waals surface area contributed by atoms with E-state index in [0.717, 1.165) is 22.4 Å². The zero-order valence-corrected chi connectivity index (χ0v) is 12.7. The summed E-state index contributed by atoms with van der Waals surface area (Å²) in [5, 5.41) is -0.244. The van der Waals surface area contributed by atoms with Gasteiger partial charge in [-0.3, -0.25) is 0 Å². The Bertz CT molecular complexity index is 765. The molecule has 1 aromatic heterocycles. The first-order valence-electron chi connectivity index (χ1n) is 6.94. The lowest BCUT2D eigenvalue weighted by Crippen LogP contribution is -2.11. The fourth-order valence-corrected chi connectivity index (χ4v) is 2.81. The molecule has 0 aliphatic rings. The van der Waals surface area contributed by atoms with Crippen LogP contribution in [0.5, 0.6) is 0 Å². The van der Waals surface area contributed by atoms with Crippen molar-refractivity contribution in [2.75, 3.05) is 0 Å². The van der Waals surface area contributed by atoms with Crippen LogP contribution in [0.3, 0.4) is 0 Å². The predicted octanol–water partition coefficient (Wildman–Crippen LogP) is 5.08. The van der Waals surface area contributed by atoms with E-state index in [1.165, 1.54) is 12.1 Å². The summed E-state index contributed by atoms with van der Waals surface area (Å²) >= 11 is 6.27. The van der Waals surface area contributed by atoms with Crippen molar-refractivity contribution in [1.82, 2.24) is 9.55 Å². The van der Waals surface area contributed by atoms with Gasteiger partial charge >= 0.3 is 0 Å². The Labute approximate surface area is 128 Å². The lowest BCUT2D eigenvalue weighted by atomic mass is 10.1. The van der Waals surface area contributed by atoms with Crippen LogP contribution >= 0.6 is 11.6 Å². The second-order valence-electron chi connectivity index (χ2n) is 5.18. The average Bonchev–Trinajstić information content (AvgIpc) is 2.86. The van der Waals surface area contributed by atoms with Gasteiger partial charge in [0.15, 0.2) is 0 Å². The highest BCUT2D eigenvalue weighted by Gasteiger charge is 2.20. The van der Waals surface area contributed by atoms with Gasteiger partial charge in [0, 0.05) is 0 Å². The van der Waals surface area contributed by atoms with Crippen LogP contribution < -0.4 is 0 Å². The molecule has 3 aromatic rings. The van der Waals surface area contributed by atoms with Crippen molar-refractivity contribution in [1.29, 1.82) is 0 Å². The number of rotatable bonds is 3. The van der Waals surface area contributed by atoms with Crippen LogP contribution in [0.25, 0.3) is 11.0 Å². The van der Waals surface area contributed by atoms with Crippen LogP contribution in [0.15, 0.2) is 48.5 Å². The Morgan fingerprint density at radius 3 is 2.48 bits per heavy atom. The Morgan fingerprint density at radius 1 is 1.10 bits per heavy atom. The number of imidazole rings is 1. The first kappa shape index (κ1) is 14.1. The zero-order valence-electron chi connectivity index (χ0n) is 11.9. The minimum absolute atomic E-state index is 0.0363. The second-order valence-corrected chi connectivity index (χ2v) is 5.83. The van der Waals surface area contributed by atoms with Gasteiger partial charge in [0.25, 0.3) is 0 Å². The first-order valence-corrected chi connectivity index (χ1v) is 7.38. The maximum absolute atomic E-state index is 13.6. The van der Waals surface area contributed by atoms with Crippen LogP contribution in [0.2, 0.25) is 0 Å². The lowest BCUT2D eigenvalue weighted by molar-refractivity contribution is 0.610. The molecule has 21 heavy (non-hydrogen) atoms. The minimum atomic E-state index is -0.266. The van der Waals surface area contributed by atoms with Crippen molar-refractivity contribution in [3.8, 4) is 0 Å². The molecular formula is C17H16ClFN2. The minimum Gasteiger partial charge on any atom is -0.319 e. The highest BCUT2D eigenvalue weighted by Crippen LogP contribution is 2.31. The molecule has 0 fully saturated rings. The normalized spacial score (nSPS) is 14.3. The summed E-state index contributed by atoms with van der Waals surface area (Å²) in [6.07, 6.45) is 0. The van der Waals surface area contributed by atoms with Gasteiger partial charge in [-0.1, -0.05) is 30.3 Å². The smallest absolute Gasteiger partial charge is 0.128 e. The number of hydrogen-bond donors (Lipinski definition) is 0. The Balaban J connectivity index is 2.24. The molecule has 2 atom stereocenters. The molecule has 0 saturated heterocycles. The monoisotopic (exact) mass is 302 g/mol. The Hall–Kier alpha value is -1.87. The van der Waals surface area contributed by atoms with E-state index in [1.807, 2.05) is 29.7 Å². The van der Waals surface area contributed by atoms with E-state index in [4.69, 9.17) is 11.6 Å². The number of aromatic nitrogens is 2. The molecule has 0 spiro atoms. The number of hydrogen-bond acceptors (Lipinski definition) is 1. The molecule has 2 aromatic carbocycles. The SMILES string of the molecule is CC(Cl)c1nc2ccc(F)cc2n1C(C)c1ccccc1. The first-order chi connectivity index (χ1) is 10.1. The number of halogens is 2. The number of fused-ring (bicyclic) bond motifs is 1. The number of alkyl halides is 1. The molecule has 2 unspecified atom stereocenters. The summed E-state index contributed by atoms with van der Waals surface area (Å²) in [6.45, 7) is 3.96. The van der Waals surface area contributed by atoms with E-state index in [0.29, 0.717) is 0 Å². The quantitative estimate of drug-likeness (QED) is 0.617. The van der Waals surface area contributed by atoms with Crippen LogP contribution in [-0.4, -0.2) is 9.55 Å². The summed E-state index contributed by atoms with van der Waals surface area (Å²) in [6, 6.07) is 14.8. The zero-order chi connectivity index (χ0) is 15.0. The summed E-state index contributed by atoms with van der Waals surface area (Å²) in [4.78, 5) is 4.56. The van der Waals surface area contributed by atoms with Crippen molar-refractivity contribution in [3.63, 3.8) is 0 Å². The Morgan fingerprint density at radius 2 is 1.81 bits per heavy atom. The van der Waals surface area contributed by atoms with Crippen molar-refractivity contribution >= 4 is 22.6 Å². The second kappa shape index (κ2) is 5.49. The van der Waals surface area contributed by atoms with Crippen molar-refractivity contribution in [2.24, 2.45) is 0 Å². The lowest BCUT2D eigenvalue weighted by Gasteiger charge is -2.19. The average molecular weight is 303 g/mol. The summed E-state index contributed by atoms with van der Waals surface area (Å²) in [5.74, 6) is 0.492. The van der Waals surface area contributed by atoms with E-state index in [1.54, 1.807) is 6.07 Å². The molecule has 0 aliphatic heterocycles. The predicted molar refractivity (Wildman–Crippen MR) is 84.2 cm³/mol. The maximum Gasteiger partial charge on any atom is 0.128 e. The van der Waals surface area contributed by atoms with E-state index in [-0.39, 0.29) is 17.2 Å². The van der Waals surface area contributed by atoms with Crippen molar-refractivity contribution in [3.05, 3.63) is 65.7 Å².